The van der Waals surface area contributed by atoms with Crippen LogP contribution < -0.4 is 25.0 Å². The molecule has 1 atom stereocenters. The quantitative estimate of drug-likeness (QED) is 0.773. The molecule has 0 saturated carbocycles. The van der Waals surface area contributed by atoms with Crippen molar-refractivity contribution < 1.29 is 19.1 Å². The molecule has 3 amide bonds. The van der Waals surface area contributed by atoms with E-state index in [9.17, 15) is 9.59 Å². The van der Waals surface area contributed by atoms with Crippen LogP contribution in [0.5, 0.6) is 11.5 Å². The summed E-state index contributed by atoms with van der Waals surface area (Å²) in [6.07, 6.45) is 0.380. The lowest BCUT2D eigenvalue weighted by atomic mass is 10.1. The number of carbonyl (C=O) groups excluding carboxylic acids is 2. The van der Waals surface area contributed by atoms with E-state index in [2.05, 4.69) is 10.6 Å². The molecule has 148 valence electrons. The number of hydrogen-bond acceptors (Lipinski definition) is 4. The van der Waals surface area contributed by atoms with Crippen LogP contribution in [-0.4, -0.2) is 39.2 Å². The maximum atomic E-state index is 12.3. The summed E-state index contributed by atoms with van der Waals surface area (Å²) >= 11 is 5.90. The monoisotopic (exact) mass is 403 g/mol. The van der Waals surface area contributed by atoms with Gasteiger partial charge < -0.3 is 25.0 Å². The SMILES string of the molecule is COc1cccc(NC(=O)NC[C@H]2CC(=O)N(c3ccc(Cl)cc3)C2)c1OC. The number of benzene rings is 2. The van der Waals surface area contributed by atoms with Gasteiger partial charge in [0.15, 0.2) is 11.5 Å². The Morgan fingerprint density at radius 2 is 1.93 bits per heavy atom. The molecule has 0 spiro atoms. The Balaban J connectivity index is 1.56. The minimum absolute atomic E-state index is 0.0288. The molecule has 0 aromatic heterocycles. The summed E-state index contributed by atoms with van der Waals surface area (Å²) in [4.78, 5) is 26.3. The van der Waals surface area contributed by atoms with E-state index in [1.807, 2.05) is 12.1 Å². The summed E-state index contributed by atoms with van der Waals surface area (Å²) in [5.41, 5.74) is 1.31. The fraction of sp³-hybridized carbons (Fsp3) is 0.300. The summed E-state index contributed by atoms with van der Waals surface area (Å²) in [5.74, 6) is 1.04. The first-order chi connectivity index (χ1) is 13.5. The van der Waals surface area contributed by atoms with E-state index in [0.717, 1.165) is 5.69 Å². The zero-order valence-corrected chi connectivity index (χ0v) is 16.5. The number of urea groups is 1. The molecule has 2 aromatic carbocycles. The van der Waals surface area contributed by atoms with E-state index in [1.165, 1.54) is 14.2 Å². The van der Waals surface area contributed by atoms with Crippen LogP contribution in [0, 0.1) is 5.92 Å². The number of anilines is 2. The Morgan fingerprint density at radius 3 is 2.61 bits per heavy atom. The Bertz CT molecular complexity index is 857. The van der Waals surface area contributed by atoms with E-state index in [4.69, 9.17) is 21.1 Å². The number of halogens is 1. The van der Waals surface area contributed by atoms with E-state index >= 15 is 0 Å². The molecule has 1 aliphatic rings. The summed E-state index contributed by atoms with van der Waals surface area (Å²) in [6.45, 7) is 0.928. The number of nitrogens with one attached hydrogen (secondary N) is 2. The number of para-hydroxylation sites is 1. The number of nitrogens with zero attached hydrogens (tertiary/aromatic N) is 1. The normalized spacial score (nSPS) is 16.0. The molecule has 3 rings (SSSR count). The Hall–Kier alpha value is -2.93. The van der Waals surface area contributed by atoms with Gasteiger partial charge in [0.1, 0.15) is 0 Å². The second-order valence-electron chi connectivity index (χ2n) is 6.43. The van der Waals surface area contributed by atoms with Crippen LogP contribution in [0.15, 0.2) is 42.5 Å². The topological polar surface area (TPSA) is 79.9 Å². The van der Waals surface area contributed by atoms with Gasteiger partial charge in [-0.3, -0.25) is 4.79 Å². The van der Waals surface area contributed by atoms with Gasteiger partial charge in [0, 0.05) is 36.1 Å². The van der Waals surface area contributed by atoms with E-state index in [-0.39, 0.29) is 17.9 Å². The van der Waals surface area contributed by atoms with Crippen LogP contribution in [0.4, 0.5) is 16.2 Å². The highest BCUT2D eigenvalue weighted by Crippen LogP contribution is 2.34. The molecule has 28 heavy (non-hydrogen) atoms. The molecular weight excluding hydrogens is 382 g/mol. The number of hydrogen-bond donors (Lipinski definition) is 2. The lowest BCUT2D eigenvalue weighted by molar-refractivity contribution is -0.117. The first-order valence-electron chi connectivity index (χ1n) is 8.83. The van der Waals surface area contributed by atoms with Crippen LogP contribution in [0.2, 0.25) is 5.02 Å². The van der Waals surface area contributed by atoms with Gasteiger partial charge in [0.2, 0.25) is 5.91 Å². The second kappa shape index (κ2) is 8.84. The zero-order chi connectivity index (χ0) is 20.1. The highest BCUT2D eigenvalue weighted by atomic mass is 35.5. The molecule has 0 unspecified atom stereocenters. The van der Waals surface area contributed by atoms with Gasteiger partial charge in [0.05, 0.1) is 19.9 Å². The number of ether oxygens (including phenoxy) is 2. The van der Waals surface area contributed by atoms with Crippen LogP contribution in [0.3, 0.4) is 0 Å². The molecule has 1 saturated heterocycles. The van der Waals surface area contributed by atoms with E-state index in [0.29, 0.717) is 41.7 Å². The molecule has 0 radical (unpaired) electrons. The molecule has 0 bridgehead atoms. The lowest BCUT2D eigenvalue weighted by Gasteiger charge is -2.17. The molecule has 1 heterocycles. The maximum absolute atomic E-state index is 12.3. The summed E-state index contributed by atoms with van der Waals surface area (Å²) < 4.78 is 10.5. The number of methoxy groups -OCH3 is 2. The van der Waals surface area contributed by atoms with E-state index in [1.54, 1.807) is 35.2 Å². The third-order valence-electron chi connectivity index (χ3n) is 4.55. The molecule has 1 fully saturated rings. The minimum atomic E-state index is -0.371. The van der Waals surface area contributed by atoms with Crippen molar-refractivity contribution >= 4 is 34.9 Å². The van der Waals surface area contributed by atoms with Gasteiger partial charge in [-0.2, -0.15) is 0 Å². The minimum Gasteiger partial charge on any atom is -0.493 e. The van der Waals surface area contributed by atoms with Crippen molar-refractivity contribution in [1.29, 1.82) is 0 Å². The van der Waals surface area contributed by atoms with Crippen molar-refractivity contribution in [2.45, 2.75) is 6.42 Å². The van der Waals surface area contributed by atoms with Crippen LogP contribution in [0.25, 0.3) is 0 Å². The first-order valence-corrected chi connectivity index (χ1v) is 9.21. The first kappa shape index (κ1) is 19.8. The molecule has 8 heteroatoms. The van der Waals surface area contributed by atoms with Crippen LogP contribution in [-0.2, 0) is 4.79 Å². The van der Waals surface area contributed by atoms with Gasteiger partial charge >= 0.3 is 6.03 Å². The fourth-order valence-electron chi connectivity index (χ4n) is 3.18. The molecule has 7 nitrogen and oxygen atoms in total. The molecular formula is C20H22ClN3O4. The zero-order valence-electron chi connectivity index (χ0n) is 15.7. The van der Waals surface area contributed by atoms with Crippen molar-refractivity contribution in [3.8, 4) is 11.5 Å². The molecule has 2 N–H and O–H groups in total. The average molecular weight is 404 g/mol. The van der Waals surface area contributed by atoms with E-state index < -0.39 is 0 Å². The van der Waals surface area contributed by atoms with Gasteiger partial charge in [-0.25, -0.2) is 4.79 Å². The highest BCUT2D eigenvalue weighted by Gasteiger charge is 2.30. The largest absolute Gasteiger partial charge is 0.493 e. The third kappa shape index (κ3) is 4.48. The van der Waals surface area contributed by atoms with Crippen LogP contribution in [0.1, 0.15) is 6.42 Å². The number of carbonyl (C=O) groups is 2. The predicted molar refractivity (Wildman–Crippen MR) is 108 cm³/mol. The van der Waals surface area contributed by atoms with Crippen LogP contribution >= 0.6 is 11.6 Å². The number of rotatable bonds is 6. The average Bonchev–Trinajstić information content (AvgIpc) is 3.07. The van der Waals surface area contributed by atoms with Gasteiger partial charge in [-0.05, 0) is 36.4 Å². The standard InChI is InChI=1S/C20H22ClN3O4/c1-27-17-5-3-4-16(19(17)28-2)23-20(26)22-11-13-10-18(25)24(12-13)15-8-6-14(21)7-9-15/h3-9,13H,10-12H2,1-2H3,(H2,22,23,26)/t13-/m1/s1. The van der Waals surface area contributed by atoms with Gasteiger partial charge in [-0.15, -0.1) is 0 Å². The van der Waals surface area contributed by atoms with Gasteiger partial charge in [-0.1, -0.05) is 17.7 Å². The smallest absolute Gasteiger partial charge is 0.319 e. The highest BCUT2D eigenvalue weighted by molar-refractivity contribution is 6.30. The molecule has 1 aliphatic heterocycles. The van der Waals surface area contributed by atoms with Crippen molar-refractivity contribution in [1.82, 2.24) is 5.32 Å². The Labute approximate surface area is 168 Å². The maximum Gasteiger partial charge on any atom is 0.319 e. The van der Waals surface area contributed by atoms with Crippen molar-refractivity contribution in [2.24, 2.45) is 5.92 Å². The van der Waals surface area contributed by atoms with Crippen molar-refractivity contribution in [2.75, 3.05) is 37.5 Å². The molecule has 2 aromatic rings. The third-order valence-corrected chi connectivity index (χ3v) is 4.80. The Morgan fingerprint density at radius 1 is 1.18 bits per heavy atom. The van der Waals surface area contributed by atoms with Crippen molar-refractivity contribution in [3.05, 3.63) is 47.5 Å². The Kier molecular flexibility index (Phi) is 6.26. The van der Waals surface area contributed by atoms with Gasteiger partial charge in [0.25, 0.3) is 0 Å². The molecule has 0 aliphatic carbocycles. The summed E-state index contributed by atoms with van der Waals surface area (Å²) in [7, 11) is 3.04. The summed E-state index contributed by atoms with van der Waals surface area (Å²) in [5, 5.41) is 6.19. The summed E-state index contributed by atoms with van der Waals surface area (Å²) in [6, 6.07) is 12.0. The van der Waals surface area contributed by atoms with Crippen molar-refractivity contribution in [3.63, 3.8) is 0 Å². The number of amides is 3. The predicted octanol–water partition coefficient (Wildman–Crippen LogP) is 3.53. The fourth-order valence-corrected chi connectivity index (χ4v) is 3.30. The lowest BCUT2D eigenvalue weighted by Crippen LogP contribution is -2.34. The second-order valence-corrected chi connectivity index (χ2v) is 6.86.